The fourth-order valence-corrected chi connectivity index (χ4v) is 3.89. The third-order valence-electron chi connectivity index (χ3n) is 3.67. The highest BCUT2D eigenvalue weighted by molar-refractivity contribution is 7.89. The Morgan fingerprint density at radius 2 is 1.70 bits per heavy atom. The van der Waals surface area contributed by atoms with Crippen molar-refractivity contribution in [2.45, 2.75) is 50.2 Å². The monoisotopic (exact) mass is 340 g/mol. The van der Waals surface area contributed by atoms with E-state index in [4.69, 9.17) is 0 Å². The Kier molecular flexibility index (Phi) is 5.13. The van der Waals surface area contributed by atoms with Crippen LogP contribution in [0.2, 0.25) is 0 Å². The second-order valence-corrected chi connectivity index (χ2v) is 8.80. The predicted molar refractivity (Wildman–Crippen MR) is 87.7 cm³/mol. The summed E-state index contributed by atoms with van der Waals surface area (Å²) in [7, 11) is -3.57. The lowest BCUT2D eigenvalue weighted by Crippen LogP contribution is -2.41. The van der Waals surface area contributed by atoms with Gasteiger partial charge < -0.3 is 10.4 Å². The van der Waals surface area contributed by atoms with Gasteiger partial charge in [-0.1, -0.05) is 0 Å². The molecule has 1 saturated heterocycles. The van der Waals surface area contributed by atoms with Crippen LogP contribution in [0.4, 0.5) is 0 Å². The zero-order valence-corrected chi connectivity index (χ0v) is 14.6. The number of piperidine rings is 1. The summed E-state index contributed by atoms with van der Waals surface area (Å²) in [5.74, 6) is -0.234. The lowest BCUT2D eigenvalue weighted by atomic mass is 10.1. The van der Waals surface area contributed by atoms with Crippen LogP contribution in [0.5, 0.6) is 0 Å². The summed E-state index contributed by atoms with van der Waals surface area (Å²) in [5.41, 5.74) is 0.0733. The van der Waals surface area contributed by atoms with Gasteiger partial charge in [-0.05, 0) is 57.9 Å². The number of carbonyl (C=O) groups excluding carboxylic acids is 1. The van der Waals surface area contributed by atoms with Crippen LogP contribution in [-0.4, -0.2) is 48.5 Å². The van der Waals surface area contributed by atoms with E-state index in [1.165, 1.54) is 28.6 Å². The van der Waals surface area contributed by atoms with Crippen LogP contribution in [0, 0.1) is 0 Å². The second kappa shape index (κ2) is 6.59. The third-order valence-corrected chi connectivity index (χ3v) is 5.58. The highest BCUT2D eigenvalue weighted by Gasteiger charge is 2.28. The second-order valence-electron chi connectivity index (χ2n) is 6.86. The fourth-order valence-electron chi connectivity index (χ4n) is 2.42. The van der Waals surface area contributed by atoms with Gasteiger partial charge in [0.1, 0.15) is 0 Å². The minimum absolute atomic E-state index is 0.168. The first-order valence-corrected chi connectivity index (χ1v) is 9.14. The molecule has 1 aromatic rings. The van der Waals surface area contributed by atoms with E-state index in [1.807, 2.05) is 20.8 Å². The average molecular weight is 340 g/mol. The summed E-state index contributed by atoms with van der Waals surface area (Å²) in [4.78, 5) is 12.2. The zero-order valence-electron chi connectivity index (χ0n) is 13.7. The first kappa shape index (κ1) is 17.9. The number of nitrogens with zero attached hydrogens (tertiary/aromatic N) is 1. The Morgan fingerprint density at radius 1 is 1.17 bits per heavy atom. The van der Waals surface area contributed by atoms with Gasteiger partial charge in [0.25, 0.3) is 5.91 Å². The zero-order chi connectivity index (χ0) is 17.3. The van der Waals surface area contributed by atoms with Crippen molar-refractivity contribution >= 4 is 15.9 Å². The molecule has 0 bridgehead atoms. The van der Waals surface area contributed by atoms with E-state index in [0.29, 0.717) is 31.5 Å². The molecule has 0 atom stereocenters. The minimum atomic E-state index is -3.57. The maximum Gasteiger partial charge on any atom is 0.251 e. The van der Waals surface area contributed by atoms with Crippen molar-refractivity contribution in [1.82, 2.24) is 9.62 Å². The molecule has 6 nitrogen and oxygen atoms in total. The standard InChI is InChI=1S/C16H24N2O4S/c1-16(2,3)17-15(20)12-4-6-14(7-5-12)23(21,22)18-10-8-13(19)9-11-18/h4-7,13,19H,8-11H2,1-3H3,(H,17,20). The van der Waals surface area contributed by atoms with Gasteiger partial charge in [-0.3, -0.25) is 4.79 Å². The molecule has 0 unspecified atom stereocenters. The van der Waals surface area contributed by atoms with Crippen molar-refractivity contribution in [2.75, 3.05) is 13.1 Å². The minimum Gasteiger partial charge on any atom is -0.393 e. The summed E-state index contributed by atoms with van der Waals surface area (Å²) in [6, 6.07) is 5.95. The maximum atomic E-state index is 12.5. The quantitative estimate of drug-likeness (QED) is 0.870. The van der Waals surface area contributed by atoms with Crippen molar-refractivity contribution in [2.24, 2.45) is 0 Å². The normalized spacial score (nSPS) is 17.9. The summed E-state index contributed by atoms with van der Waals surface area (Å²) in [5, 5.41) is 12.3. The molecule has 1 heterocycles. The molecular weight excluding hydrogens is 316 g/mol. The van der Waals surface area contributed by atoms with E-state index in [1.54, 1.807) is 0 Å². The summed E-state index contributed by atoms with van der Waals surface area (Å²) < 4.78 is 26.5. The number of sulfonamides is 1. The van der Waals surface area contributed by atoms with Crippen molar-refractivity contribution < 1.29 is 18.3 Å². The van der Waals surface area contributed by atoms with E-state index >= 15 is 0 Å². The van der Waals surface area contributed by atoms with Gasteiger partial charge in [0.2, 0.25) is 10.0 Å². The van der Waals surface area contributed by atoms with Crippen molar-refractivity contribution in [1.29, 1.82) is 0 Å². The van der Waals surface area contributed by atoms with Crippen LogP contribution in [0.1, 0.15) is 44.0 Å². The molecule has 23 heavy (non-hydrogen) atoms. The molecule has 1 fully saturated rings. The lowest BCUT2D eigenvalue weighted by molar-refractivity contribution is 0.0919. The summed E-state index contributed by atoms with van der Waals surface area (Å²) in [6.45, 7) is 6.28. The van der Waals surface area contributed by atoms with Gasteiger partial charge in [-0.15, -0.1) is 0 Å². The number of rotatable bonds is 3. The fraction of sp³-hybridized carbons (Fsp3) is 0.562. The number of benzene rings is 1. The maximum absolute atomic E-state index is 12.5. The van der Waals surface area contributed by atoms with Gasteiger partial charge >= 0.3 is 0 Å². The molecule has 1 aliphatic rings. The van der Waals surface area contributed by atoms with Crippen LogP contribution < -0.4 is 5.32 Å². The number of carbonyl (C=O) groups is 1. The molecule has 2 N–H and O–H groups in total. The van der Waals surface area contributed by atoms with Crippen LogP contribution in [0.25, 0.3) is 0 Å². The first-order valence-electron chi connectivity index (χ1n) is 7.70. The lowest BCUT2D eigenvalue weighted by Gasteiger charge is -2.28. The van der Waals surface area contributed by atoms with Crippen LogP contribution in [-0.2, 0) is 10.0 Å². The Bertz CT molecular complexity index is 654. The number of hydrogen-bond acceptors (Lipinski definition) is 4. The number of hydrogen-bond donors (Lipinski definition) is 2. The topological polar surface area (TPSA) is 86.7 Å². The largest absolute Gasteiger partial charge is 0.393 e. The summed E-state index contributed by atoms with van der Waals surface area (Å²) >= 11 is 0. The SMILES string of the molecule is CC(C)(C)NC(=O)c1ccc(S(=O)(=O)N2CCC(O)CC2)cc1. The Hall–Kier alpha value is -1.44. The van der Waals surface area contributed by atoms with E-state index in [2.05, 4.69) is 5.32 Å². The molecule has 0 aliphatic carbocycles. The van der Waals surface area contributed by atoms with E-state index < -0.39 is 16.1 Å². The van der Waals surface area contributed by atoms with Crippen LogP contribution in [0.15, 0.2) is 29.2 Å². The summed E-state index contributed by atoms with van der Waals surface area (Å²) in [6.07, 6.45) is 0.473. The molecule has 1 aliphatic heterocycles. The predicted octanol–water partition coefficient (Wildman–Crippen LogP) is 1.36. The van der Waals surface area contributed by atoms with Crippen molar-refractivity contribution in [3.63, 3.8) is 0 Å². The van der Waals surface area contributed by atoms with Crippen molar-refractivity contribution in [3.8, 4) is 0 Å². The van der Waals surface area contributed by atoms with Crippen LogP contribution >= 0.6 is 0 Å². The molecule has 1 amide bonds. The number of aliphatic hydroxyl groups excluding tert-OH is 1. The highest BCUT2D eigenvalue weighted by atomic mass is 32.2. The first-order chi connectivity index (χ1) is 10.6. The molecule has 1 aromatic carbocycles. The molecule has 2 rings (SSSR count). The number of amides is 1. The molecular formula is C16H24N2O4S. The molecule has 0 saturated carbocycles. The molecule has 0 radical (unpaired) electrons. The number of aliphatic hydroxyl groups is 1. The molecule has 0 aromatic heterocycles. The van der Waals surface area contributed by atoms with E-state index in [9.17, 15) is 18.3 Å². The van der Waals surface area contributed by atoms with Gasteiger partial charge in [0.05, 0.1) is 11.0 Å². The van der Waals surface area contributed by atoms with Crippen molar-refractivity contribution in [3.05, 3.63) is 29.8 Å². The average Bonchev–Trinajstić information content (AvgIpc) is 2.46. The van der Waals surface area contributed by atoms with Gasteiger partial charge in [-0.25, -0.2) is 8.42 Å². The third kappa shape index (κ3) is 4.53. The number of nitrogens with one attached hydrogen (secondary N) is 1. The van der Waals surface area contributed by atoms with E-state index in [-0.39, 0.29) is 16.3 Å². The van der Waals surface area contributed by atoms with Gasteiger partial charge in [0.15, 0.2) is 0 Å². The molecule has 128 valence electrons. The van der Waals surface area contributed by atoms with E-state index in [0.717, 1.165) is 0 Å². The Balaban J connectivity index is 2.14. The van der Waals surface area contributed by atoms with Gasteiger partial charge in [0, 0.05) is 24.2 Å². The Morgan fingerprint density at radius 3 is 2.17 bits per heavy atom. The van der Waals surface area contributed by atoms with Gasteiger partial charge in [-0.2, -0.15) is 4.31 Å². The Labute approximate surface area is 137 Å². The molecule has 0 spiro atoms. The smallest absolute Gasteiger partial charge is 0.251 e. The molecule has 7 heteroatoms. The highest BCUT2D eigenvalue weighted by Crippen LogP contribution is 2.21. The van der Waals surface area contributed by atoms with Crippen LogP contribution in [0.3, 0.4) is 0 Å².